The van der Waals surface area contributed by atoms with Gasteiger partial charge in [0, 0.05) is 6.04 Å². The first-order valence-electron chi connectivity index (χ1n) is 4.59. The Bertz CT molecular complexity index is 417. The maximum absolute atomic E-state index is 11.5. The molecule has 1 saturated carbocycles. The average Bonchev–Trinajstić information content (AvgIpc) is 2.74. The molecule has 1 N–H and O–H groups in total. The van der Waals surface area contributed by atoms with E-state index >= 15 is 0 Å². The molecular weight excluding hydrogens is 202 g/mol. The van der Waals surface area contributed by atoms with E-state index in [9.17, 15) is 8.42 Å². The third-order valence-corrected chi connectivity index (χ3v) is 3.40. The average molecular weight is 215 g/mol. The molecule has 1 heterocycles. The minimum absolute atomic E-state index is 0.0582. The molecule has 1 aliphatic rings. The summed E-state index contributed by atoms with van der Waals surface area (Å²) in [6.45, 7) is 1.87. The van der Waals surface area contributed by atoms with Crippen molar-refractivity contribution < 1.29 is 12.8 Å². The summed E-state index contributed by atoms with van der Waals surface area (Å²) in [4.78, 5) is 0. The molecule has 5 heteroatoms. The largest absolute Gasteiger partial charge is 0.468 e. The first-order chi connectivity index (χ1) is 6.55. The van der Waals surface area contributed by atoms with Gasteiger partial charge in [0.2, 0.25) is 10.0 Å². The molecule has 1 aliphatic carbocycles. The summed E-state index contributed by atoms with van der Waals surface area (Å²) in [6, 6.07) is 1.91. The van der Waals surface area contributed by atoms with Gasteiger partial charge in [-0.05, 0) is 31.4 Å². The maximum atomic E-state index is 11.5. The topological polar surface area (TPSA) is 59.3 Å². The minimum Gasteiger partial charge on any atom is -0.468 e. The number of furan rings is 1. The van der Waals surface area contributed by atoms with Crippen molar-refractivity contribution in [2.24, 2.45) is 0 Å². The van der Waals surface area contributed by atoms with Crippen LogP contribution in [0.4, 0.5) is 0 Å². The second-order valence-electron chi connectivity index (χ2n) is 3.74. The second-order valence-corrected chi connectivity index (χ2v) is 5.50. The lowest BCUT2D eigenvalue weighted by molar-refractivity contribution is 0.516. The standard InChI is InChI=1S/C9H13NO3S/c1-7-4-9(13-5-7)6-14(11,12)10-8-2-3-8/h4-5,8,10H,2-3,6H2,1H3. The van der Waals surface area contributed by atoms with Crippen LogP contribution in [0.2, 0.25) is 0 Å². The molecule has 78 valence electrons. The SMILES string of the molecule is Cc1coc(CS(=O)(=O)NC2CC2)c1. The van der Waals surface area contributed by atoms with Crippen molar-refractivity contribution in [1.29, 1.82) is 0 Å². The minimum atomic E-state index is -3.20. The van der Waals surface area contributed by atoms with Gasteiger partial charge in [0.25, 0.3) is 0 Å². The van der Waals surface area contributed by atoms with Crippen LogP contribution in [0, 0.1) is 6.92 Å². The van der Waals surface area contributed by atoms with Gasteiger partial charge >= 0.3 is 0 Å². The number of hydrogen-bond donors (Lipinski definition) is 1. The zero-order valence-corrected chi connectivity index (χ0v) is 8.80. The van der Waals surface area contributed by atoms with Crippen LogP contribution in [0.25, 0.3) is 0 Å². The summed E-state index contributed by atoms with van der Waals surface area (Å²) >= 11 is 0. The van der Waals surface area contributed by atoms with Crippen LogP contribution in [0.3, 0.4) is 0 Å². The van der Waals surface area contributed by atoms with E-state index in [2.05, 4.69) is 4.72 Å². The highest BCUT2D eigenvalue weighted by Gasteiger charge is 2.27. The van der Waals surface area contributed by atoms with Gasteiger partial charge in [-0.1, -0.05) is 0 Å². The Morgan fingerprint density at radius 1 is 1.57 bits per heavy atom. The van der Waals surface area contributed by atoms with Gasteiger partial charge in [-0.2, -0.15) is 0 Å². The lowest BCUT2D eigenvalue weighted by Gasteiger charge is -2.02. The Balaban J connectivity index is 2.01. The quantitative estimate of drug-likeness (QED) is 0.820. The first-order valence-corrected chi connectivity index (χ1v) is 6.24. The van der Waals surface area contributed by atoms with Gasteiger partial charge in [-0.3, -0.25) is 0 Å². The molecule has 1 fully saturated rings. The fourth-order valence-electron chi connectivity index (χ4n) is 1.25. The number of rotatable bonds is 4. The molecule has 0 amide bonds. The molecule has 1 aromatic rings. The Kier molecular flexibility index (Phi) is 2.36. The third-order valence-electron chi connectivity index (χ3n) is 2.04. The molecule has 0 spiro atoms. The highest BCUT2D eigenvalue weighted by atomic mass is 32.2. The van der Waals surface area contributed by atoms with Crippen LogP contribution < -0.4 is 4.72 Å². The zero-order chi connectivity index (χ0) is 10.2. The normalized spacial score (nSPS) is 17.2. The molecule has 0 atom stereocenters. The van der Waals surface area contributed by atoms with E-state index in [0.29, 0.717) is 5.76 Å². The molecule has 0 aliphatic heterocycles. The molecule has 4 nitrogen and oxygen atoms in total. The van der Waals surface area contributed by atoms with Crippen molar-refractivity contribution in [3.05, 3.63) is 23.7 Å². The molecule has 0 radical (unpaired) electrons. The van der Waals surface area contributed by atoms with Crippen molar-refractivity contribution in [3.63, 3.8) is 0 Å². The van der Waals surface area contributed by atoms with Crippen LogP contribution in [0.1, 0.15) is 24.2 Å². The smallest absolute Gasteiger partial charge is 0.219 e. The highest BCUT2D eigenvalue weighted by Crippen LogP contribution is 2.21. The molecule has 0 aromatic carbocycles. The summed E-state index contributed by atoms with van der Waals surface area (Å²) in [5.74, 6) is 0.438. The highest BCUT2D eigenvalue weighted by molar-refractivity contribution is 7.88. The molecular formula is C9H13NO3S. The number of sulfonamides is 1. The maximum Gasteiger partial charge on any atom is 0.219 e. The molecule has 14 heavy (non-hydrogen) atoms. The Morgan fingerprint density at radius 2 is 2.29 bits per heavy atom. The molecule has 0 unspecified atom stereocenters. The van der Waals surface area contributed by atoms with Crippen molar-refractivity contribution >= 4 is 10.0 Å². The third kappa shape index (κ3) is 2.59. The summed E-state index contributed by atoms with van der Waals surface area (Å²) in [6.07, 6.45) is 3.47. The Labute approximate surface area is 83.4 Å². The van der Waals surface area contributed by atoms with Gasteiger partial charge in [-0.25, -0.2) is 13.1 Å². The summed E-state index contributed by atoms with van der Waals surface area (Å²) in [5, 5.41) is 0. The fraction of sp³-hybridized carbons (Fsp3) is 0.556. The lowest BCUT2D eigenvalue weighted by atomic mass is 10.4. The van der Waals surface area contributed by atoms with Crippen LogP contribution in [0.15, 0.2) is 16.7 Å². The van der Waals surface area contributed by atoms with Crippen LogP contribution in [0.5, 0.6) is 0 Å². The molecule has 1 aromatic heterocycles. The number of hydrogen-bond acceptors (Lipinski definition) is 3. The number of nitrogens with one attached hydrogen (secondary N) is 1. The van der Waals surface area contributed by atoms with Crippen LogP contribution >= 0.6 is 0 Å². The van der Waals surface area contributed by atoms with Gasteiger partial charge in [0.05, 0.1) is 6.26 Å². The molecule has 2 rings (SSSR count). The Morgan fingerprint density at radius 3 is 2.79 bits per heavy atom. The van der Waals surface area contributed by atoms with Crippen molar-refractivity contribution in [1.82, 2.24) is 4.72 Å². The van der Waals surface area contributed by atoms with Crippen molar-refractivity contribution in [2.75, 3.05) is 0 Å². The van der Waals surface area contributed by atoms with E-state index in [1.807, 2.05) is 6.92 Å². The van der Waals surface area contributed by atoms with Crippen LogP contribution in [-0.4, -0.2) is 14.5 Å². The molecule has 0 saturated heterocycles. The Hall–Kier alpha value is -0.810. The van der Waals surface area contributed by atoms with E-state index in [0.717, 1.165) is 18.4 Å². The van der Waals surface area contributed by atoms with Gasteiger partial charge in [0.1, 0.15) is 11.5 Å². The lowest BCUT2D eigenvalue weighted by Crippen LogP contribution is -2.26. The second kappa shape index (κ2) is 3.40. The molecule has 0 bridgehead atoms. The summed E-state index contributed by atoms with van der Waals surface area (Å²) < 4.78 is 30.7. The summed E-state index contributed by atoms with van der Waals surface area (Å²) in [5.41, 5.74) is 0.946. The van der Waals surface area contributed by atoms with E-state index in [-0.39, 0.29) is 11.8 Å². The summed E-state index contributed by atoms with van der Waals surface area (Å²) in [7, 11) is -3.20. The van der Waals surface area contributed by atoms with E-state index in [4.69, 9.17) is 4.42 Å². The predicted molar refractivity (Wildman–Crippen MR) is 52.2 cm³/mol. The predicted octanol–water partition coefficient (Wildman–Crippen LogP) is 1.17. The van der Waals surface area contributed by atoms with E-state index < -0.39 is 10.0 Å². The number of aryl methyl sites for hydroxylation is 1. The monoisotopic (exact) mass is 215 g/mol. The van der Waals surface area contributed by atoms with E-state index in [1.54, 1.807) is 12.3 Å². The zero-order valence-electron chi connectivity index (χ0n) is 7.99. The van der Waals surface area contributed by atoms with Gasteiger partial charge < -0.3 is 4.42 Å². The van der Waals surface area contributed by atoms with E-state index in [1.165, 1.54) is 0 Å². The van der Waals surface area contributed by atoms with Gasteiger partial charge in [-0.15, -0.1) is 0 Å². The van der Waals surface area contributed by atoms with Crippen LogP contribution in [-0.2, 0) is 15.8 Å². The first kappa shape index (κ1) is 9.73. The van der Waals surface area contributed by atoms with Crippen molar-refractivity contribution in [3.8, 4) is 0 Å². The van der Waals surface area contributed by atoms with Crippen molar-refractivity contribution in [2.45, 2.75) is 31.6 Å². The fourth-order valence-corrected chi connectivity index (χ4v) is 2.60. The van der Waals surface area contributed by atoms with Gasteiger partial charge in [0.15, 0.2) is 0 Å².